The zero-order valence-corrected chi connectivity index (χ0v) is 52.2. The second-order valence-corrected chi connectivity index (χ2v) is 26.9. The summed E-state index contributed by atoms with van der Waals surface area (Å²) in [5, 5.41) is 9.18. The van der Waals surface area contributed by atoms with Crippen LogP contribution in [0.3, 0.4) is 0 Å². The molecule has 0 radical (unpaired) electrons. The lowest BCUT2D eigenvalue weighted by Gasteiger charge is -2.44. The largest absolute Gasteiger partial charge is 0.470 e. The van der Waals surface area contributed by atoms with Gasteiger partial charge in [-0.15, -0.1) is 0 Å². The molecule has 0 amide bonds. The topological polar surface area (TPSA) is 40.4 Å². The van der Waals surface area contributed by atoms with E-state index in [1.54, 1.807) is 0 Å². The monoisotopic (exact) mass is 1070 g/mol. The zero-order chi connectivity index (χ0) is 58.8. The van der Waals surface area contributed by atoms with E-state index in [0.717, 1.165) is 87.9 Å². The molecule has 0 aliphatic heterocycles. The molecule has 0 atom stereocenters. The fourth-order valence-corrected chi connectivity index (χ4v) is 12.0. The second-order valence-electron chi connectivity index (χ2n) is 26.9. The molecule has 2 aliphatic carbocycles. The van der Waals surface area contributed by atoms with E-state index in [1.807, 2.05) is 36.4 Å². The van der Waals surface area contributed by atoms with E-state index >= 15 is 0 Å². The first-order valence-corrected chi connectivity index (χ1v) is 29.4. The van der Waals surface area contributed by atoms with Crippen LogP contribution in [-0.2, 0) is 10.8 Å². The number of allylic oxidation sites excluding steroid dienone is 16. The van der Waals surface area contributed by atoms with Gasteiger partial charge >= 0.3 is 0 Å². The number of benzene rings is 3. The average molecular weight is 1070 g/mol. The zero-order valence-electron chi connectivity index (χ0n) is 52.2. The fraction of sp³-hybridized carbons (Fsp3) is 0.387. The number of fused-ring (bicyclic) bond motifs is 2. The van der Waals surface area contributed by atoms with Crippen molar-refractivity contribution in [2.24, 2.45) is 21.7 Å². The van der Waals surface area contributed by atoms with Gasteiger partial charge in [0.05, 0.1) is 5.66 Å². The molecule has 1 heterocycles. The van der Waals surface area contributed by atoms with Gasteiger partial charge < -0.3 is 20.0 Å². The molecular formula is C75H98BN3O. The minimum atomic E-state index is -0.297. The van der Waals surface area contributed by atoms with Crippen LogP contribution in [0.2, 0.25) is 0 Å². The summed E-state index contributed by atoms with van der Waals surface area (Å²) in [6, 6.07) is 28.4. The summed E-state index contributed by atoms with van der Waals surface area (Å²) in [5.41, 5.74) is 17.1. The molecule has 4 aromatic rings. The molecule has 422 valence electrons. The number of nitrogens with one attached hydrogen (secondary N) is 2. The molecule has 2 aliphatic rings. The number of hydrogen-bond acceptors (Lipinski definition) is 4. The predicted octanol–water partition coefficient (Wildman–Crippen LogP) is 18.8. The van der Waals surface area contributed by atoms with Gasteiger partial charge in [0, 0.05) is 41.8 Å². The molecule has 5 heteroatoms. The maximum absolute atomic E-state index is 7.33. The highest BCUT2D eigenvalue weighted by atomic mass is 16.3. The maximum atomic E-state index is 7.33. The van der Waals surface area contributed by atoms with Crippen LogP contribution in [0.1, 0.15) is 160 Å². The van der Waals surface area contributed by atoms with Crippen molar-refractivity contribution in [1.29, 1.82) is 0 Å². The lowest BCUT2D eigenvalue weighted by Crippen LogP contribution is -2.47. The van der Waals surface area contributed by atoms with Crippen LogP contribution in [0.25, 0.3) is 16.5 Å². The Labute approximate surface area is 486 Å². The lowest BCUT2D eigenvalue weighted by molar-refractivity contribution is 0.258. The molecule has 4 nitrogen and oxygen atoms in total. The molecule has 0 spiro atoms. The van der Waals surface area contributed by atoms with Crippen LogP contribution in [0.15, 0.2) is 234 Å². The van der Waals surface area contributed by atoms with Gasteiger partial charge in [-0.25, -0.2) is 0 Å². The summed E-state index contributed by atoms with van der Waals surface area (Å²) in [4.78, 5) is 2.19. The van der Waals surface area contributed by atoms with Gasteiger partial charge in [-0.1, -0.05) is 233 Å². The first-order valence-electron chi connectivity index (χ1n) is 29.4. The Kier molecular flexibility index (Phi) is 20.2. The van der Waals surface area contributed by atoms with Crippen molar-refractivity contribution in [3.05, 3.63) is 246 Å². The molecule has 1 aromatic heterocycles. The summed E-state index contributed by atoms with van der Waals surface area (Å²) in [5.74, 6) is 0. The minimum Gasteiger partial charge on any atom is -0.470 e. The van der Waals surface area contributed by atoms with Crippen molar-refractivity contribution in [3.8, 4) is 0 Å². The number of hydrogen-bond donors (Lipinski definition) is 2. The number of nitrogens with zero attached hydrogens (tertiary/aromatic N) is 1. The summed E-state index contributed by atoms with van der Waals surface area (Å²) in [7, 11) is 0. The molecule has 0 saturated heterocycles. The summed E-state index contributed by atoms with van der Waals surface area (Å²) in [6.45, 7) is 55.1. The van der Waals surface area contributed by atoms with E-state index in [9.17, 15) is 0 Å². The van der Waals surface area contributed by atoms with Crippen molar-refractivity contribution >= 4 is 34.4 Å². The highest BCUT2D eigenvalue weighted by Gasteiger charge is 2.40. The van der Waals surface area contributed by atoms with Crippen LogP contribution >= 0.6 is 0 Å². The van der Waals surface area contributed by atoms with E-state index in [2.05, 4.69) is 274 Å². The molecule has 1 fully saturated rings. The highest BCUT2D eigenvalue weighted by Crippen LogP contribution is 2.52. The van der Waals surface area contributed by atoms with Gasteiger partial charge in [-0.05, 0) is 176 Å². The van der Waals surface area contributed by atoms with E-state index in [0.29, 0.717) is 13.1 Å². The Bertz CT molecular complexity index is 3110. The van der Waals surface area contributed by atoms with Crippen LogP contribution in [0.5, 0.6) is 0 Å². The maximum Gasteiger partial charge on any atom is 0.287 e. The van der Waals surface area contributed by atoms with Crippen molar-refractivity contribution in [2.45, 2.75) is 154 Å². The van der Waals surface area contributed by atoms with Gasteiger partial charge in [0.1, 0.15) is 5.58 Å². The minimum absolute atomic E-state index is 0.00921. The Hall–Kier alpha value is -6.72. The van der Waals surface area contributed by atoms with Crippen LogP contribution < -0.4 is 21.8 Å². The molecule has 3 aromatic carbocycles. The SMILES string of the molecule is C=C/C=C(\C=C)N(/C=C/C=C(\C=C)c1ccccc1)/C(C)=C/C(NC/C=C1\C(=C/CC)C(C)(C)CCC1(C)C)=C(\CN/C=C/C(=C(\C=C)C(C)(C)C)C(C)(C)C)B(c1ccccc1)c1cc2cc3c(cc2o1)C(C)(C)CCC3(C)C. The van der Waals surface area contributed by atoms with Gasteiger partial charge in [0.2, 0.25) is 0 Å². The van der Waals surface area contributed by atoms with E-state index in [1.165, 1.54) is 33.4 Å². The Morgan fingerprint density at radius 2 is 1.26 bits per heavy atom. The molecule has 0 bridgehead atoms. The molecular weight excluding hydrogens is 970 g/mol. The fourth-order valence-electron chi connectivity index (χ4n) is 12.0. The highest BCUT2D eigenvalue weighted by molar-refractivity contribution is 6.90. The van der Waals surface area contributed by atoms with Crippen molar-refractivity contribution in [3.63, 3.8) is 0 Å². The molecule has 0 unspecified atom stereocenters. The van der Waals surface area contributed by atoms with Gasteiger partial charge in [-0.3, -0.25) is 0 Å². The molecule has 1 saturated carbocycles. The quantitative estimate of drug-likeness (QED) is 0.0644. The average Bonchev–Trinajstić information content (AvgIpc) is 3.97. The predicted molar refractivity (Wildman–Crippen MR) is 352 cm³/mol. The van der Waals surface area contributed by atoms with Crippen LogP contribution in [0, 0.1) is 21.7 Å². The second kappa shape index (κ2) is 25.8. The van der Waals surface area contributed by atoms with Crippen molar-refractivity contribution < 1.29 is 4.42 Å². The number of rotatable bonds is 21. The first kappa shape index (κ1) is 62.5. The summed E-state index contributed by atoms with van der Waals surface area (Å²) in [6.07, 6.45) is 33.2. The van der Waals surface area contributed by atoms with E-state index < -0.39 is 0 Å². The van der Waals surface area contributed by atoms with Gasteiger partial charge in [-0.2, -0.15) is 0 Å². The number of furan rings is 1. The van der Waals surface area contributed by atoms with Gasteiger partial charge in [0.15, 0.2) is 0 Å². The summed E-state index contributed by atoms with van der Waals surface area (Å²) < 4.78 is 7.33. The lowest BCUT2D eigenvalue weighted by atomic mass is 9.38. The van der Waals surface area contributed by atoms with Crippen LogP contribution in [-0.4, -0.2) is 24.7 Å². The third kappa shape index (κ3) is 14.8. The molecule has 80 heavy (non-hydrogen) atoms. The van der Waals surface area contributed by atoms with Gasteiger partial charge in [0.25, 0.3) is 6.71 Å². The molecule has 6 rings (SSSR count). The Balaban J connectivity index is 1.70. The standard InChI is InChI=1S/C75H98BN3O/c1-21-33-59(24-4)79(48-32-37-55(23-3)56-35-28-26-29-36-56)54(6)49-67(78-47-41-63-62(34-22-2)72(13,14)42-43-73(63,15)16)66(53-77-46-40-61(71(10,11)12)60(25-5)70(7,8)9)76(58-38-30-27-31-39-58)69-51-57-50-64-65(52-68(57)80-69)75(19,20)45-44-74(64,17)18/h21,23-41,46,48-52,77-78H,1,3-5,22,42-45,47,53H2,2,6-20H3/b46-40+,48-32+,54-49+,55-37+,59-33+,61-60-,62-34+,63-41+,67-66-. The molecule has 2 N–H and O–H groups in total. The first-order chi connectivity index (χ1) is 37.6. The Morgan fingerprint density at radius 3 is 1.81 bits per heavy atom. The van der Waals surface area contributed by atoms with E-state index in [-0.39, 0.29) is 39.2 Å². The summed E-state index contributed by atoms with van der Waals surface area (Å²) >= 11 is 0. The third-order valence-electron chi connectivity index (χ3n) is 16.9. The van der Waals surface area contributed by atoms with Crippen molar-refractivity contribution in [1.82, 2.24) is 15.5 Å². The Morgan fingerprint density at radius 1 is 0.688 bits per heavy atom. The van der Waals surface area contributed by atoms with Crippen LogP contribution in [0.4, 0.5) is 0 Å². The normalized spacial score (nSPS) is 19.1. The van der Waals surface area contributed by atoms with E-state index in [4.69, 9.17) is 4.42 Å². The third-order valence-corrected chi connectivity index (χ3v) is 16.9. The van der Waals surface area contributed by atoms with Crippen molar-refractivity contribution in [2.75, 3.05) is 13.1 Å². The smallest absolute Gasteiger partial charge is 0.287 e.